The SMILES string of the molecule is NCC[C@@H](CO)SCc1ccccc1. The average molecular weight is 211 g/mol. The van der Waals surface area contributed by atoms with Crippen molar-refractivity contribution in [3.05, 3.63) is 35.9 Å². The molecule has 3 heteroatoms. The lowest BCUT2D eigenvalue weighted by molar-refractivity contribution is 0.291. The van der Waals surface area contributed by atoms with Crippen LogP contribution in [0.25, 0.3) is 0 Å². The molecular formula is C11H17NOS. The minimum atomic E-state index is 0.217. The van der Waals surface area contributed by atoms with E-state index in [-0.39, 0.29) is 11.9 Å². The normalized spacial score (nSPS) is 12.7. The smallest absolute Gasteiger partial charge is 0.0550 e. The Balaban J connectivity index is 2.32. The van der Waals surface area contributed by atoms with E-state index in [1.165, 1.54) is 5.56 Å². The van der Waals surface area contributed by atoms with Crippen LogP contribution in [0.2, 0.25) is 0 Å². The standard InChI is InChI=1S/C11H17NOS/c12-7-6-11(8-13)14-9-10-4-2-1-3-5-10/h1-5,11,13H,6-9,12H2/t11-/m0/s1. The van der Waals surface area contributed by atoms with Crippen LogP contribution in [-0.2, 0) is 5.75 Å². The molecule has 78 valence electrons. The highest BCUT2D eigenvalue weighted by atomic mass is 32.2. The van der Waals surface area contributed by atoms with Gasteiger partial charge in [-0.15, -0.1) is 0 Å². The zero-order valence-electron chi connectivity index (χ0n) is 8.23. The van der Waals surface area contributed by atoms with Crippen LogP contribution < -0.4 is 5.73 Å². The summed E-state index contributed by atoms with van der Waals surface area (Å²) in [6.45, 7) is 0.863. The van der Waals surface area contributed by atoms with Gasteiger partial charge in [-0.25, -0.2) is 0 Å². The highest BCUT2D eigenvalue weighted by Crippen LogP contribution is 2.19. The molecule has 0 unspecified atom stereocenters. The Bertz CT molecular complexity index is 240. The topological polar surface area (TPSA) is 46.2 Å². The lowest BCUT2D eigenvalue weighted by Gasteiger charge is -2.12. The van der Waals surface area contributed by atoms with E-state index in [0.717, 1.165) is 12.2 Å². The molecule has 3 N–H and O–H groups in total. The van der Waals surface area contributed by atoms with Crippen LogP contribution in [0.15, 0.2) is 30.3 Å². The summed E-state index contributed by atoms with van der Waals surface area (Å²) in [6.07, 6.45) is 0.883. The minimum Gasteiger partial charge on any atom is -0.395 e. The van der Waals surface area contributed by atoms with E-state index in [4.69, 9.17) is 10.8 Å². The first-order chi connectivity index (χ1) is 6.86. The summed E-state index contributed by atoms with van der Waals surface area (Å²) >= 11 is 1.77. The van der Waals surface area contributed by atoms with Crippen molar-refractivity contribution in [2.45, 2.75) is 17.4 Å². The van der Waals surface area contributed by atoms with Gasteiger partial charge in [-0.3, -0.25) is 0 Å². The van der Waals surface area contributed by atoms with E-state index in [1.54, 1.807) is 11.8 Å². The maximum atomic E-state index is 9.06. The zero-order valence-corrected chi connectivity index (χ0v) is 9.04. The molecule has 0 radical (unpaired) electrons. The number of nitrogens with two attached hydrogens (primary N) is 1. The van der Waals surface area contributed by atoms with E-state index in [0.29, 0.717) is 6.54 Å². The van der Waals surface area contributed by atoms with Crippen molar-refractivity contribution in [1.82, 2.24) is 0 Å². The molecule has 2 nitrogen and oxygen atoms in total. The molecular weight excluding hydrogens is 194 g/mol. The molecule has 0 aromatic heterocycles. The molecule has 0 saturated carbocycles. The molecule has 0 aliphatic heterocycles. The van der Waals surface area contributed by atoms with Gasteiger partial charge in [0.05, 0.1) is 6.61 Å². The molecule has 0 amide bonds. The fourth-order valence-electron chi connectivity index (χ4n) is 1.20. The predicted molar refractivity (Wildman–Crippen MR) is 62.3 cm³/mol. The van der Waals surface area contributed by atoms with Crippen LogP contribution in [0.1, 0.15) is 12.0 Å². The summed E-state index contributed by atoms with van der Waals surface area (Å²) < 4.78 is 0. The molecule has 0 heterocycles. The Morgan fingerprint density at radius 1 is 1.29 bits per heavy atom. The van der Waals surface area contributed by atoms with Crippen LogP contribution in [0.5, 0.6) is 0 Å². The second-order valence-electron chi connectivity index (χ2n) is 3.18. The molecule has 1 aromatic carbocycles. The number of benzene rings is 1. The van der Waals surface area contributed by atoms with Gasteiger partial charge in [-0.2, -0.15) is 11.8 Å². The van der Waals surface area contributed by atoms with Crippen molar-refractivity contribution in [2.75, 3.05) is 13.2 Å². The van der Waals surface area contributed by atoms with Gasteiger partial charge >= 0.3 is 0 Å². The van der Waals surface area contributed by atoms with E-state index in [2.05, 4.69) is 12.1 Å². The van der Waals surface area contributed by atoms with Crippen LogP contribution in [0.3, 0.4) is 0 Å². The van der Waals surface area contributed by atoms with Crippen molar-refractivity contribution in [3.8, 4) is 0 Å². The van der Waals surface area contributed by atoms with Crippen molar-refractivity contribution in [1.29, 1.82) is 0 Å². The Labute approximate surface area is 89.5 Å². The van der Waals surface area contributed by atoms with Crippen molar-refractivity contribution >= 4 is 11.8 Å². The lowest BCUT2D eigenvalue weighted by atomic mass is 10.2. The third kappa shape index (κ3) is 4.13. The molecule has 0 saturated heterocycles. The highest BCUT2D eigenvalue weighted by Gasteiger charge is 2.06. The Kier molecular flexibility index (Phi) is 5.68. The Morgan fingerprint density at radius 2 is 2.00 bits per heavy atom. The quantitative estimate of drug-likeness (QED) is 0.752. The molecule has 0 fully saturated rings. The van der Waals surface area contributed by atoms with Crippen molar-refractivity contribution in [2.24, 2.45) is 5.73 Å². The first kappa shape index (κ1) is 11.6. The summed E-state index contributed by atoms with van der Waals surface area (Å²) in [7, 11) is 0. The van der Waals surface area contributed by atoms with Crippen molar-refractivity contribution in [3.63, 3.8) is 0 Å². The van der Waals surface area contributed by atoms with E-state index in [1.807, 2.05) is 18.2 Å². The van der Waals surface area contributed by atoms with Gasteiger partial charge in [-0.1, -0.05) is 30.3 Å². The molecule has 0 aliphatic carbocycles. The third-order valence-corrected chi connectivity index (χ3v) is 3.38. The van der Waals surface area contributed by atoms with Crippen LogP contribution in [0, 0.1) is 0 Å². The van der Waals surface area contributed by atoms with E-state index >= 15 is 0 Å². The summed E-state index contributed by atoms with van der Waals surface area (Å²) in [5.41, 5.74) is 6.75. The first-order valence-electron chi connectivity index (χ1n) is 4.83. The number of aliphatic hydroxyl groups excluding tert-OH is 1. The van der Waals surface area contributed by atoms with E-state index in [9.17, 15) is 0 Å². The van der Waals surface area contributed by atoms with Gasteiger partial charge in [0.1, 0.15) is 0 Å². The fourth-order valence-corrected chi connectivity index (χ4v) is 2.23. The van der Waals surface area contributed by atoms with Gasteiger partial charge in [-0.05, 0) is 18.5 Å². The van der Waals surface area contributed by atoms with Crippen molar-refractivity contribution < 1.29 is 5.11 Å². The summed E-state index contributed by atoms with van der Waals surface area (Å²) in [4.78, 5) is 0. The minimum absolute atomic E-state index is 0.217. The molecule has 1 aromatic rings. The maximum absolute atomic E-state index is 9.06. The summed E-state index contributed by atoms with van der Waals surface area (Å²) in [6, 6.07) is 10.3. The first-order valence-corrected chi connectivity index (χ1v) is 5.88. The summed E-state index contributed by atoms with van der Waals surface area (Å²) in [5.74, 6) is 0.950. The van der Waals surface area contributed by atoms with Gasteiger partial charge in [0.25, 0.3) is 0 Å². The zero-order chi connectivity index (χ0) is 10.2. The molecule has 0 bridgehead atoms. The maximum Gasteiger partial charge on any atom is 0.0550 e. The third-order valence-electron chi connectivity index (χ3n) is 2.02. The number of aliphatic hydroxyl groups is 1. The highest BCUT2D eigenvalue weighted by molar-refractivity contribution is 7.99. The fraction of sp³-hybridized carbons (Fsp3) is 0.455. The second-order valence-corrected chi connectivity index (χ2v) is 4.47. The number of rotatable bonds is 6. The summed E-state index contributed by atoms with van der Waals surface area (Å²) in [5, 5.41) is 9.34. The predicted octanol–water partition coefficient (Wildman–Crippen LogP) is 1.63. The molecule has 1 atom stereocenters. The molecule has 14 heavy (non-hydrogen) atoms. The Hall–Kier alpha value is -0.510. The van der Waals surface area contributed by atoms with Crippen LogP contribution >= 0.6 is 11.8 Å². The van der Waals surface area contributed by atoms with E-state index < -0.39 is 0 Å². The van der Waals surface area contributed by atoms with Crippen LogP contribution in [-0.4, -0.2) is 23.5 Å². The molecule has 0 spiro atoms. The Morgan fingerprint density at radius 3 is 2.57 bits per heavy atom. The van der Waals surface area contributed by atoms with Gasteiger partial charge in [0.2, 0.25) is 0 Å². The number of hydrogen-bond donors (Lipinski definition) is 2. The largest absolute Gasteiger partial charge is 0.395 e. The molecule has 0 aliphatic rings. The average Bonchev–Trinajstić information content (AvgIpc) is 2.25. The number of thioether (sulfide) groups is 1. The monoisotopic (exact) mass is 211 g/mol. The number of hydrogen-bond acceptors (Lipinski definition) is 3. The van der Waals surface area contributed by atoms with Gasteiger partial charge in [0, 0.05) is 11.0 Å². The second kappa shape index (κ2) is 6.87. The molecule has 1 rings (SSSR count). The van der Waals surface area contributed by atoms with Crippen LogP contribution in [0.4, 0.5) is 0 Å². The van der Waals surface area contributed by atoms with Gasteiger partial charge in [0.15, 0.2) is 0 Å². The lowest BCUT2D eigenvalue weighted by Crippen LogP contribution is -2.14. The van der Waals surface area contributed by atoms with Gasteiger partial charge < -0.3 is 10.8 Å².